The SMILES string of the molecule is CCOC(=O)[C@@H]1CCC[NH+](CC(=O)NC(=O)NCCC2=CCCCC2)C1. The van der Waals surface area contributed by atoms with Crippen LogP contribution in [0.3, 0.4) is 0 Å². The summed E-state index contributed by atoms with van der Waals surface area (Å²) in [5.74, 6) is -0.636. The number of imide groups is 1. The Hall–Kier alpha value is -1.89. The van der Waals surface area contributed by atoms with Crippen molar-refractivity contribution in [2.45, 2.75) is 51.9 Å². The second-order valence-corrected chi connectivity index (χ2v) is 7.13. The number of hydrogen-bond acceptors (Lipinski definition) is 4. The predicted octanol–water partition coefficient (Wildman–Crippen LogP) is 0.561. The van der Waals surface area contributed by atoms with Crippen molar-refractivity contribution in [1.29, 1.82) is 0 Å². The number of ether oxygens (including phenoxy) is 1. The summed E-state index contributed by atoms with van der Waals surface area (Å²) in [4.78, 5) is 36.8. The van der Waals surface area contributed by atoms with Gasteiger partial charge >= 0.3 is 12.0 Å². The first kappa shape index (κ1) is 20.4. The van der Waals surface area contributed by atoms with E-state index in [4.69, 9.17) is 4.74 Å². The maximum Gasteiger partial charge on any atom is 0.321 e. The lowest BCUT2D eigenvalue weighted by Gasteiger charge is -2.28. The van der Waals surface area contributed by atoms with E-state index >= 15 is 0 Å². The van der Waals surface area contributed by atoms with Crippen molar-refractivity contribution in [3.63, 3.8) is 0 Å². The van der Waals surface area contributed by atoms with Gasteiger partial charge in [-0.05, 0) is 51.9 Å². The van der Waals surface area contributed by atoms with Gasteiger partial charge in [-0.15, -0.1) is 0 Å². The van der Waals surface area contributed by atoms with E-state index in [0.29, 0.717) is 19.7 Å². The van der Waals surface area contributed by atoms with Crippen LogP contribution in [-0.4, -0.2) is 50.7 Å². The van der Waals surface area contributed by atoms with E-state index in [-0.39, 0.29) is 24.3 Å². The third kappa shape index (κ3) is 7.15. The highest BCUT2D eigenvalue weighted by Crippen LogP contribution is 2.19. The molecule has 7 nitrogen and oxygen atoms in total. The van der Waals surface area contributed by atoms with Gasteiger partial charge in [0.25, 0.3) is 5.91 Å². The monoisotopic (exact) mass is 366 g/mol. The van der Waals surface area contributed by atoms with Crippen molar-refractivity contribution in [1.82, 2.24) is 10.6 Å². The molecule has 2 aliphatic rings. The fourth-order valence-electron chi connectivity index (χ4n) is 3.68. The summed E-state index contributed by atoms with van der Waals surface area (Å²) in [6.07, 6.45) is 9.51. The van der Waals surface area contributed by atoms with Gasteiger partial charge in [0.05, 0.1) is 19.7 Å². The molecule has 1 unspecified atom stereocenters. The Morgan fingerprint density at radius 1 is 1.27 bits per heavy atom. The number of hydrogen-bond donors (Lipinski definition) is 3. The first-order valence-electron chi connectivity index (χ1n) is 9.84. The molecule has 0 saturated carbocycles. The smallest absolute Gasteiger partial charge is 0.321 e. The zero-order valence-electron chi connectivity index (χ0n) is 15.8. The Morgan fingerprint density at radius 2 is 2.12 bits per heavy atom. The lowest BCUT2D eigenvalue weighted by Crippen LogP contribution is -3.14. The van der Waals surface area contributed by atoms with E-state index in [1.54, 1.807) is 6.92 Å². The molecule has 1 aliphatic carbocycles. The zero-order valence-corrected chi connectivity index (χ0v) is 15.8. The zero-order chi connectivity index (χ0) is 18.8. The van der Waals surface area contributed by atoms with Crippen molar-refractivity contribution in [3.8, 4) is 0 Å². The molecule has 1 fully saturated rings. The Morgan fingerprint density at radius 3 is 2.85 bits per heavy atom. The molecule has 7 heteroatoms. The highest BCUT2D eigenvalue weighted by molar-refractivity contribution is 5.94. The van der Waals surface area contributed by atoms with Crippen LogP contribution >= 0.6 is 0 Å². The molecule has 2 atom stereocenters. The van der Waals surface area contributed by atoms with Crippen LogP contribution in [0.2, 0.25) is 0 Å². The molecule has 1 aliphatic heterocycles. The van der Waals surface area contributed by atoms with Gasteiger partial charge in [-0.25, -0.2) is 4.79 Å². The van der Waals surface area contributed by atoms with Crippen LogP contribution in [-0.2, 0) is 14.3 Å². The maximum absolute atomic E-state index is 12.1. The molecule has 3 N–H and O–H groups in total. The molecule has 26 heavy (non-hydrogen) atoms. The van der Waals surface area contributed by atoms with Gasteiger partial charge < -0.3 is 15.0 Å². The number of carbonyl (C=O) groups excluding carboxylic acids is 3. The van der Waals surface area contributed by atoms with Gasteiger partial charge in [-0.2, -0.15) is 0 Å². The molecule has 0 aromatic carbocycles. The minimum atomic E-state index is -0.440. The lowest BCUT2D eigenvalue weighted by molar-refractivity contribution is -0.899. The topological polar surface area (TPSA) is 88.9 Å². The highest BCUT2D eigenvalue weighted by Gasteiger charge is 2.30. The van der Waals surface area contributed by atoms with Crippen LogP contribution in [0.4, 0.5) is 4.79 Å². The minimum Gasteiger partial charge on any atom is -0.466 e. The molecule has 0 bridgehead atoms. The first-order valence-corrected chi connectivity index (χ1v) is 9.84. The molecule has 0 aromatic heterocycles. The Balaban J connectivity index is 1.64. The second kappa shape index (κ2) is 11.0. The van der Waals surface area contributed by atoms with Gasteiger partial charge in [0.1, 0.15) is 5.92 Å². The number of esters is 1. The van der Waals surface area contributed by atoms with Crippen LogP contribution < -0.4 is 15.5 Å². The number of amides is 3. The summed E-state index contributed by atoms with van der Waals surface area (Å²) in [6.45, 7) is 4.34. The van der Waals surface area contributed by atoms with Crippen LogP contribution in [0.1, 0.15) is 51.9 Å². The number of piperidine rings is 1. The molecule has 2 rings (SSSR count). The Bertz CT molecular complexity index is 533. The second-order valence-electron chi connectivity index (χ2n) is 7.13. The van der Waals surface area contributed by atoms with Gasteiger partial charge in [0.2, 0.25) is 0 Å². The number of likely N-dealkylation sites (tertiary alicyclic amines) is 1. The van der Waals surface area contributed by atoms with Gasteiger partial charge in [0.15, 0.2) is 6.54 Å². The molecule has 0 aromatic rings. The van der Waals surface area contributed by atoms with Crippen LogP contribution in [0, 0.1) is 5.92 Å². The molecule has 0 radical (unpaired) electrons. The number of nitrogens with one attached hydrogen (secondary N) is 3. The number of rotatable bonds is 7. The van der Waals surface area contributed by atoms with E-state index < -0.39 is 6.03 Å². The normalized spacial score (nSPS) is 22.9. The van der Waals surface area contributed by atoms with E-state index in [1.165, 1.54) is 18.4 Å². The quantitative estimate of drug-likeness (QED) is 0.454. The highest BCUT2D eigenvalue weighted by atomic mass is 16.5. The van der Waals surface area contributed by atoms with E-state index in [0.717, 1.165) is 43.5 Å². The van der Waals surface area contributed by atoms with Gasteiger partial charge in [0, 0.05) is 6.54 Å². The Kier molecular flexibility index (Phi) is 8.61. The maximum atomic E-state index is 12.1. The largest absolute Gasteiger partial charge is 0.466 e. The fourth-order valence-corrected chi connectivity index (χ4v) is 3.68. The van der Waals surface area contributed by atoms with Crippen molar-refractivity contribution < 1.29 is 24.0 Å². The summed E-state index contributed by atoms with van der Waals surface area (Å²) >= 11 is 0. The van der Waals surface area contributed by atoms with Crippen LogP contribution in [0.5, 0.6) is 0 Å². The summed E-state index contributed by atoms with van der Waals surface area (Å²) < 4.78 is 5.07. The molecular formula is C19H32N3O4+. The van der Waals surface area contributed by atoms with Crippen molar-refractivity contribution >= 4 is 17.9 Å². The first-order chi connectivity index (χ1) is 12.6. The van der Waals surface area contributed by atoms with Crippen LogP contribution in [0.15, 0.2) is 11.6 Å². The molecular weight excluding hydrogens is 334 g/mol. The third-order valence-electron chi connectivity index (χ3n) is 5.02. The van der Waals surface area contributed by atoms with Gasteiger partial charge in [-0.3, -0.25) is 14.9 Å². The van der Waals surface area contributed by atoms with Gasteiger partial charge in [-0.1, -0.05) is 11.6 Å². The molecule has 0 spiro atoms. The third-order valence-corrected chi connectivity index (χ3v) is 5.02. The summed E-state index contributed by atoms with van der Waals surface area (Å²) in [5, 5.41) is 5.14. The summed E-state index contributed by atoms with van der Waals surface area (Å²) in [7, 11) is 0. The summed E-state index contributed by atoms with van der Waals surface area (Å²) in [5.41, 5.74) is 1.39. The number of carbonyl (C=O) groups is 3. The van der Waals surface area contributed by atoms with E-state index in [1.807, 2.05) is 0 Å². The summed E-state index contributed by atoms with van der Waals surface area (Å²) in [6, 6.07) is -0.440. The van der Waals surface area contributed by atoms with E-state index in [2.05, 4.69) is 16.7 Å². The predicted molar refractivity (Wildman–Crippen MR) is 97.6 cm³/mol. The van der Waals surface area contributed by atoms with E-state index in [9.17, 15) is 14.4 Å². The molecule has 1 saturated heterocycles. The molecule has 3 amide bonds. The number of allylic oxidation sites excluding steroid dienone is 1. The number of urea groups is 1. The van der Waals surface area contributed by atoms with Crippen molar-refractivity contribution in [2.75, 3.05) is 32.8 Å². The fraction of sp³-hybridized carbons (Fsp3) is 0.737. The lowest BCUT2D eigenvalue weighted by atomic mass is 9.97. The standard InChI is InChI=1S/C19H31N3O4/c1-2-26-18(24)16-9-6-12-22(13-16)14-17(23)21-19(25)20-11-10-15-7-4-3-5-8-15/h7,16H,2-6,8-14H2,1H3,(H2,20,21,23,25)/p+1/t16-/m1/s1. The Labute approximate surface area is 155 Å². The van der Waals surface area contributed by atoms with Crippen LogP contribution in [0.25, 0.3) is 0 Å². The molecule has 146 valence electrons. The minimum absolute atomic E-state index is 0.149. The molecule has 1 heterocycles. The average molecular weight is 366 g/mol. The average Bonchev–Trinajstić information content (AvgIpc) is 2.63. The van der Waals surface area contributed by atoms with Crippen molar-refractivity contribution in [2.24, 2.45) is 5.92 Å². The van der Waals surface area contributed by atoms with Crippen molar-refractivity contribution in [3.05, 3.63) is 11.6 Å². The number of quaternary nitrogens is 1.